The molecule has 2 saturated carbocycles. The van der Waals surface area contributed by atoms with Crippen LogP contribution < -0.4 is 20.1 Å². The number of nitrogens with zero attached hydrogens (tertiary/aromatic N) is 3. The second kappa shape index (κ2) is 15.5. The maximum Gasteiger partial charge on any atom is 0.408 e. The number of rotatable bonds is 3. The van der Waals surface area contributed by atoms with Crippen LogP contribution in [0.5, 0.6) is 5.88 Å². The van der Waals surface area contributed by atoms with Crippen LogP contribution in [0.1, 0.15) is 109 Å². The summed E-state index contributed by atoms with van der Waals surface area (Å²) in [6.45, 7) is 3.10. The van der Waals surface area contributed by atoms with E-state index in [1.807, 2.05) is 30.3 Å². The number of allylic oxidation sites excluding steroid dienone is 1. The van der Waals surface area contributed by atoms with Gasteiger partial charge in [0, 0.05) is 6.42 Å². The maximum atomic E-state index is 14.5. The Morgan fingerprint density at radius 1 is 0.926 bits per heavy atom. The first kappa shape index (κ1) is 38.0. The lowest BCUT2D eigenvalue weighted by atomic mass is 9.95. The summed E-state index contributed by atoms with van der Waals surface area (Å²) >= 11 is 0. The first-order valence-electron chi connectivity index (χ1n) is 19.6. The van der Waals surface area contributed by atoms with Gasteiger partial charge in [0.15, 0.2) is 0 Å². The molecule has 4 amide bonds. The van der Waals surface area contributed by atoms with Crippen LogP contribution in [0.25, 0.3) is 11.0 Å². The molecule has 0 spiro atoms. The third kappa shape index (κ3) is 8.50. The SMILES string of the molecule is CC1(C(=O)NS(=O)(=O)C2(C)CC2)CC=CCCCCCC2NC(=O)OC3CC3CCCCCc3nc4ccccc4nc3OC3CC(C(=O)N1)N(C3)C2=O. The number of ether oxygens (including phenoxy) is 2. The van der Waals surface area contributed by atoms with Crippen LogP contribution in [0.2, 0.25) is 0 Å². The molecule has 4 heterocycles. The molecule has 3 N–H and O–H groups in total. The van der Waals surface area contributed by atoms with E-state index in [-0.39, 0.29) is 31.4 Å². The van der Waals surface area contributed by atoms with Crippen molar-refractivity contribution in [2.75, 3.05) is 6.54 Å². The molecule has 6 atom stereocenters. The van der Waals surface area contributed by atoms with E-state index in [9.17, 15) is 27.6 Å². The van der Waals surface area contributed by atoms with Gasteiger partial charge in [-0.05, 0) is 96.1 Å². The van der Waals surface area contributed by atoms with E-state index in [0.717, 1.165) is 50.5 Å². The van der Waals surface area contributed by atoms with Crippen LogP contribution in [0, 0.1) is 5.92 Å². The second-order valence-corrected chi connectivity index (χ2v) is 18.4. The number of hydrogen-bond acceptors (Lipinski definition) is 10. The van der Waals surface area contributed by atoms with Gasteiger partial charge in [-0.2, -0.15) is 0 Å². The lowest BCUT2D eigenvalue weighted by molar-refractivity contribution is -0.142. The van der Waals surface area contributed by atoms with Crippen LogP contribution in [-0.4, -0.2) is 88.2 Å². The van der Waals surface area contributed by atoms with E-state index < -0.39 is 62.3 Å². The van der Waals surface area contributed by atoms with Crippen molar-refractivity contribution in [3.63, 3.8) is 0 Å². The van der Waals surface area contributed by atoms with Crippen molar-refractivity contribution < 1.29 is 37.1 Å². The molecule has 1 saturated heterocycles. The van der Waals surface area contributed by atoms with E-state index in [1.165, 1.54) is 11.8 Å². The number of carbonyl (C=O) groups is 4. The Hall–Kier alpha value is -4.27. The fourth-order valence-corrected chi connectivity index (χ4v) is 9.06. The van der Waals surface area contributed by atoms with Crippen molar-refractivity contribution in [2.45, 2.75) is 145 Å². The highest BCUT2D eigenvalue weighted by Crippen LogP contribution is 2.42. The number of alkyl carbamates (subject to hydrolysis) is 1. The number of aromatic nitrogens is 2. The molecule has 1 aromatic carbocycles. The maximum absolute atomic E-state index is 14.5. The number of amides is 4. The Kier molecular flexibility index (Phi) is 10.9. The van der Waals surface area contributed by atoms with E-state index in [0.29, 0.717) is 55.6 Å². The first-order valence-corrected chi connectivity index (χ1v) is 21.1. The summed E-state index contributed by atoms with van der Waals surface area (Å²) in [5.41, 5.74) is 0.448. The zero-order chi connectivity index (χ0) is 38.1. The lowest BCUT2D eigenvalue weighted by Gasteiger charge is -2.33. The average molecular weight is 765 g/mol. The summed E-state index contributed by atoms with van der Waals surface area (Å²) in [5, 5.41) is 5.67. The standard InChI is InChI=1S/C39H52N6O8S/c1-38(20-21-38)54(50,51)44-36(48)39(2)19-13-6-4-3-5-9-18-30-35(47)45-24-26(23-31(45)33(46)43-39)52-34-29(40-27-15-11-12-16-28(27)41-34)17-10-7-8-14-25-22-32(25)53-37(49)42-30/h6,11-13,15-16,25-26,30-32H,3-5,7-10,14,17-24H2,1-2H3,(H,42,49)(H,43,46)(H,44,48). The molecule has 6 unspecified atom stereocenters. The molecule has 15 heteroatoms. The molecule has 3 bridgehead atoms. The summed E-state index contributed by atoms with van der Waals surface area (Å²) in [6.07, 6.45) is 11.6. The Bertz CT molecular complexity index is 1920. The molecule has 54 heavy (non-hydrogen) atoms. The number of aryl methyl sites for hydroxylation is 1. The molecular weight excluding hydrogens is 713 g/mol. The van der Waals surface area contributed by atoms with Gasteiger partial charge < -0.3 is 25.0 Å². The highest BCUT2D eigenvalue weighted by molar-refractivity contribution is 7.91. The van der Waals surface area contributed by atoms with Crippen LogP contribution in [-0.2, 0) is 35.6 Å². The number of fused-ring (bicyclic) bond motifs is 5. The molecule has 3 fully saturated rings. The van der Waals surface area contributed by atoms with Crippen LogP contribution in [0.3, 0.4) is 0 Å². The van der Waals surface area contributed by atoms with Crippen molar-refractivity contribution in [2.24, 2.45) is 5.92 Å². The van der Waals surface area contributed by atoms with Gasteiger partial charge >= 0.3 is 6.09 Å². The summed E-state index contributed by atoms with van der Waals surface area (Å²) in [4.78, 5) is 67.2. The molecule has 1 aromatic heterocycles. The van der Waals surface area contributed by atoms with Gasteiger partial charge in [-0.3, -0.25) is 19.1 Å². The third-order valence-corrected chi connectivity index (χ3v) is 13.9. The zero-order valence-electron chi connectivity index (χ0n) is 31.2. The normalized spacial score (nSPS) is 30.8. The molecule has 292 valence electrons. The van der Waals surface area contributed by atoms with Crippen molar-refractivity contribution in [1.82, 2.24) is 30.2 Å². The average Bonchev–Trinajstić information content (AvgIpc) is 4.03. The monoisotopic (exact) mass is 764 g/mol. The largest absolute Gasteiger partial charge is 0.471 e. The molecule has 14 nitrogen and oxygen atoms in total. The first-order chi connectivity index (χ1) is 25.8. The minimum absolute atomic E-state index is 0.0122. The Labute approximate surface area is 316 Å². The van der Waals surface area contributed by atoms with E-state index in [4.69, 9.17) is 19.4 Å². The highest BCUT2D eigenvalue weighted by atomic mass is 32.2. The number of benzene rings is 1. The van der Waals surface area contributed by atoms with Crippen LogP contribution >= 0.6 is 0 Å². The Morgan fingerprint density at radius 2 is 1.67 bits per heavy atom. The molecule has 2 aliphatic carbocycles. The molecule has 5 aliphatic rings. The number of nitrogens with one attached hydrogen (secondary N) is 3. The summed E-state index contributed by atoms with van der Waals surface area (Å²) < 4.78 is 39.8. The Morgan fingerprint density at radius 3 is 2.44 bits per heavy atom. The van der Waals surface area contributed by atoms with Crippen LogP contribution in [0.15, 0.2) is 36.4 Å². The van der Waals surface area contributed by atoms with Gasteiger partial charge in [0.25, 0.3) is 5.91 Å². The lowest BCUT2D eigenvalue weighted by Crippen LogP contribution is -2.62. The summed E-state index contributed by atoms with van der Waals surface area (Å²) in [6, 6.07) is 5.49. The van der Waals surface area contributed by atoms with Crippen LogP contribution in [0.4, 0.5) is 4.79 Å². The number of sulfonamides is 1. The van der Waals surface area contributed by atoms with Gasteiger partial charge in [0.05, 0.1) is 22.3 Å². The van der Waals surface area contributed by atoms with Crippen molar-refractivity contribution in [3.05, 3.63) is 42.1 Å². The predicted octanol–water partition coefficient (Wildman–Crippen LogP) is 4.36. The number of carbonyl (C=O) groups excluding carboxylic acids is 4. The van der Waals surface area contributed by atoms with Gasteiger partial charge in [-0.25, -0.2) is 23.2 Å². The van der Waals surface area contributed by atoms with E-state index in [1.54, 1.807) is 13.0 Å². The quantitative estimate of drug-likeness (QED) is 0.380. The van der Waals surface area contributed by atoms with Crippen molar-refractivity contribution in [3.8, 4) is 5.88 Å². The topological polar surface area (TPSA) is 186 Å². The highest BCUT2D eigenvalue weighted by Gasteiger charge is 2.53. The van der Waals surface area contributed by atoms with Gasteiger partial charge in [-0.1, -0.05) is 50.0 Å². The molecule has 2 aromatic rings. The zero-order valence-corrected chi connectivity index (χ0v) is 32.0. The Balaban J connectivity index is 1.22. The summed E-state index contributed by atoms with van der Waals surface area (Å²) in [7, 11) is -4.00. The van der Waals surface area contributed by atoms with Gasteiger partial charge in [0.1, 0.15) is 35.5 Å². The molecule has 7 rings (SSSR count). The number of para-hydroxylation sites is 2. The minimum Gasteiger partial charge on any atom is -0.471 e. The predicted molar refractivity (Wildman–Crippen MR) is 200 cm³/mol. The van der Waals surface area contributed by atoms with Crippen molar-refractivity contribution >= 4 is 44.9 Å². The molecule has 3 aliphatic heterocycles. The third-order valence-electron chi connectivity index (χ3n) is 11.7. The number of hydrogen-bond donors (Lipinski definition) is 3. The van der Waals surface area contributed by atoms with Crippen molar-refractivity contribution in [1.29, 1.82) is 0 Å². The fraction of sp³-hybridized carbons (Fsp3) is 0.641. The molecule has 0 radical (unpaired) electrons. The second-order valence-electron chi connectivity index (χ2n) is 16.2. The smallest absolute Gasteiger partial charge is 0.408 e. The van der Waals surface area contributed by atoms with E-state index >= 15 is 0 Å². The minimum atomic E-state index is -4.00. The van der Waals surface area contributed by atoms with E-state index in [2.05, 4.69) is 15.4 Å². The van der Waals surface area contributed by atoms with Gasteiger partial charge in [-0.15, -0.1) is 0 Å². The van der Waals surface area contributed by atoms with Gasteiger partial charge in [0.2, 0.25) is 27.7 Å². The molecular formula is C39H52N6O8S. The fourth-order valence-electron chi connectivity index (χ4n) is 7.71. The summed E-state index contributed by atoms with van der Waals surface area (Å²) in [5.74, 6) is -1.31.